The molecule has 0 aliphatic rings. The monoisotopic (exact) mass is 105 g/mol. The van der Waals surface area contributed by atoms with Crippen LogP contribution in [0.1, 0.15) is 0 Å². The van der Waals surface area contributed by atoms with Crippen molar-refractivity contribution in [2.24, 2.45) is 0 Å². The number of rotatable bonds is 2. The molecule has 0 aliphatic carbocycles. The molecule has 0 amide bonds. The first-order chi connectivity index (χ1) is 2.77. The van der Waals surface area contributed by atoms with Crippen molar-refractivity contribution >= 4 is 9.04 Å². The van der Waals surface area contributed by atoms with Gasteiger partial charge in [0.15, 0.2) is 0 Å². The Hall–Kier alpha value is 0.137. The summed E-state index contributed by atoms with van der Waals surface area (Å²) < 4.78 is 4.70. The minimum Gasteiger partial charge on any atom is -0.395 e. The van der Waals surface area contributed by atoms with E-state index in [0.717, 1.165) is 0 Å². The normalized spacial score (nSPS) is 10.0. The van der Waals surface area contributed by atoms with E-state index in [1.165, 1.54) is 0 Å². The Morgan fingerprint density at radius 1 is 1.67 bits per heavy atom. The maximum absolute atomic E-state index is 8.04. The number of hydrogen-bond acceptors (Lipinski definition) is 2. The van der Waals surface area contributed by atoms with Gasteiger partial charge in [0.25, 0.3) is 0 Å². The lowest BCUT2D eigenvalue weighted by Crippen LogP contribution is -2.07. The Bertz CT molecular complexity index is 30.0. The van der Waals surface area contributed by atoms with E-state index in [4.69, 9.17) is 9.53 Å². The van der Waals surface area contributed by atoms with Gasteiger partial charge in [0.2, 0.25) is 9.04 Å². The quantitative estimate of drug-likeness (QED) is 0.401. The first kappa shape index (κ1) is 6.14. The number of hydrogen-bond donors (Lipinski definition) is 1. The Kier molecular flexibility index (Phi) is 3.41. The van der Waals surface area contributed by atoms with Crippen LogP contribution in [0.4, 0.5) is 0 Å². The maximum atomic E-state index is 8.04. The van der Waals surface area contributed by atoms with Crippen molar-refractivity contribution in [1.29, 1.82) is 0 Å². The first-order valence-corrected chi connectivity index (χ1v) is 4.22. The van der Waals surface area contributed by atoms with Crippen LogP contribution >= 0.6 is 0 Å². The molecule has 3 heteroatoms. The summed E-state index contributed by atoms with van der Waals surface area (Å²) in [6, 6.07) is 0. The molecule has 0 unspecified atom stereocenters. The van der Waals surface area contributed by atoms with Gasteiger partial charge in [0.05, 0.1) is 0 Å². The zero-order valence-electron chi connectivity index (χ0n) is 4.06. The molecule has 0 aromatic carbocycles. The smallest absolute Gasteiger partial charge is 0.208 e. The van der Waals surface area contributed by atoms with Crippen molar-refractivity contribution in [2.75, 3.05) is 6.79 Å². The average Bonchev–Trinajstić information content (AvgIpc) is 1.35. The van der Waals surface area contributed by atoms with E-state index in [1.807, 2.05) is 13.1 Å². The van der Waals surface area contributed by atoms with E-state index in [1.54, 1.807) is 0 Å². The molecule has 0 spiro atoms. The van der Waals surface area contributed by atoms with Gasteiger partial charge in [-0.3, -0.25) is 0 Å². The summed E-state index contributed by atoms with van der Waals surface area (Å²) in [6.45, 7) is 3.82. The maximum Gasteiger partial charge on any atom is 0.208 e. The molecule has 1 radical (unpaired) electrons. The summed E-state index contributed by atoms with van der Waals surface area (Å²) in [7, 11) is -0.636. The van der Waals surface area contributed by atoms with Gasteiger partial charge >= 0.3 is 0 Å². The van der Waals surface area contributed by atoms with Gasteiger partial charge in [0, 0.05) is 0 Å². The second-order valence-corrected chi connectivity index (χ2v) is 3.29. The topological polar surface area (TPSA) is 29.5 Å². The van der Waals surface area contributed by atoms with Crippen molar-refractivity contribution in [3.05, 3.63) is 0 Å². The van der Waals surface area contributed by atoms with Crippen LogP contribution in [0.2, 0.25) is 13.1 Å². The van der Waals surface area contributed by atoms with E-state index in [9.17, 15) is 0 Å². The van der Waals surface area contributed by atoms with Gasteiger partial charge in [-0.05, 0) is 13.1 Å². The Morgan fingerprint density at radius 3 is 2.17 bits per heavy atom. The zero-order valence-corrected chi connectivity index (χ0v) is 5.06. The van der Waals surface area contributed by atoms with Crippen LogP contribution in [0.25, 0.3) is 0 Å². The van der Waals surface area contributed by atoms with Crippen LogP contribution in [0.15, 0.2) is 0 Å². The fourth-order valence-electron chi connectivity index (χ4n) is 0.129. The van der Waals surface area contributed by atoms with Gasteiger partial charge in [-0.2, -0.15) is 0 Å². The summed E-state index contributed by atoms with van der Waals surface area (Å²) in [6.07, 6.45) is 0. The highest BCUT2D eigenvalue weighted by Gasteiger charge is 1.90. The molecule has 0 aromatic rings. The third-order valence-corrected chi connectivity index (χ3v) is 1.06. The minimum absolute atomic E-state index is 0.124. The lowest BCUT2D eigenvalue weighted by Gasteiger charge is -1.96. The van der Waals surface area contributed by atoms with Crippen molar-refractivity contribution in [2.45, 2.75) is 13.1 Å². The minimum atomic E-state index is -0.636. The van der Waals surface area contributed by atoms with Crippen LogP contribution in [0.3, 0.4) is 0 Å². The number of aliphatic hydroxyl groups is 1. The van der Waals surface area contributed by atoms with E-state index in [-0.39, 0.29) is 6.79 Å². The van der Waals surface area contributed by atoms with Crippen molar-refractivity contribution in [1.82, 2.24) is 0 Å². The summed E-state index contributed by atoms with van der Waals surface area (Å²) in [5, 5.41) is 8.04. The Balaban J connectivity index is 2.63. The molecule has 1 N–H and O–H groups in total. The zero-order chi connectivity index (χ0) is 4.99. The largest absolute Gasteiger partial charge is 0.395 e. The standard InChI is InChI=1S/C3H9O2Si/c1-6(2)5-3-4/h4H,3H2,1-2H3. The second kappa shape index (κ2) is 3.33. The van der Waals surface area contributed by atoms with E-state index < -0.39 is 9.04 Å². The average molecular weight is 105 g/mol. The molecule has 0 atom stereocenters. The summed E-state index contributed by atoms with van der Waals surface area (Å²) in [5.74, 6) is 0. The van der Waals surface area contributed by atoms with Gasteiger partial charge in [-0.15, -0.1) is 0 Å². The summed E-state index contributed by atoms with van der Waals surface area (Å²) >= 11 is 0. The molecule has 2 nitrogen and oxygen atoms in total. The summed E-state index contributed by atoms with van der Waals surface area (Å²) in [5.41, 5.74) is 0. The lowest BCUT2D eigenvalue weighted by molar-refractivity contribution is 0.0986. The van der Waals surface area contributed by atoms with E-state index in [0.29, 0.717) is 0 Å². The van der Waals surface area contributed by atoms with E-state index >= 15 is 0 Å². The third-order valence-electron chi connectivity index (χ3n) is 0.353. The van der Waals surface area contributed by atoms with Crippen LogP contribution in [0.5, 0.6) is 0 Å². The van der Waals surface area contributed by atoms with Crippen molar-refractivity contribution in [3.8, 4) is 0 Å². The molecule has 0 bridgehead atoms. The van der Waals surface area contributed by atoms with Crippen LogP contribution in [-0.2, 0) is 4.43 Å². The Morgan fingerprint density at radius 2 is 2.17 bits per heavy atom. The van der Waals surface area contributed by atoms with Crippen LogP contribution in [0, 0.1) is 0 Å². The van der Waals surface area contributed by atoms with Crippen molar-refractivity contribution < 1.29 is 9.53 Å². The van der Waals surface area contributed by atoms with Gasteiger partial charge in [-0.25, -0.2) is 0 Å². The Labute approximate surface area is 39.5 Å². The molecule has 0 saturated carbocycles. The van der Waals surface area contributed by atoms with Crippen LogP contribution in [-0.4, -0.2) is 20.9 Å². The molecule has 0 saturated heterocycles. The van der Waals surface area contributed by atoms with Gasteiger partial charge in [-0.1, -0.05) is 0 Å². The summed E-state index contributed by atoms with van der Waals surface area (Å²) in [4.78, 5) is 0. The fourth-order valence-corrected chi connectivity index (χ4v) is 0.387. The second-order valence-electron chi connectivity index (χ2n) is 1.18. The molecular weight excluding hydrogens is 96.1 g/mol. The van der Waals surface area contributed by atoms with Crippen LogP contribution < -0.4 is 0 Å². The third kappa shape index (κ3) is 4.14. The highest BCUT2D eigenvalue weighted by molar-refractivity contribution is 6.48. The molecule has 0 aliphatic heterocycles. The van der Waals surface area contributed by atoms with Gasteiger partial charge < -0.3 is 9.53 Å². The molecule has 0 rings (SSSR count). The SMILES string of the molecule is C[Si](C)OCO. The molecular formula is C3H9O2Si. The molecule has 0 fully saturated rings. The molecule has 6 heavy (non-hydrogen) atoms. The predicted octanol–water partition coefficient (Wildman–Crippen LogP) is 0.204. The fraction of sp³-hybridized carbons (Fsp3) is 1.00. The molecule has 0 heterocycles. The predicted molar refractivity (Wildman–Crippen MR) is 25.7 cm³/mol. The number of aliphatic hydroxyl groups excluding tert-OH is 1. The first-order valence-electron chi connectivity index (χ1n) is 1.81. The lowest BCUT2D eigenvalue weighted by atomic mass is 11.6. The highest BCUT2D eigenvalue weighted by atomic mass is 28.3. The molecule has 0 aromatic heterocycles. The highest BCUT2D eigenvalue weighted by Crippen LogP contribution is 1.77. The van der Waals surface area contributed by atoms with E-state index in [2.05, 4.69) is 0 Å². The van der Waals surface area contributed by atoms with Gasteiger partial charge in [0.1, 0.15) is 6.79 Å². The van der Waals surface area contributed by atoms with Crippen molar-refractivity contribution in [3.63, 3.8) is 0 Å². The molecule has 37 valence electrons.